The van der Waals surface area contributed by atoms with Crippen LogP contribution >= 0.6 is 0 Å². The lowest BCUT2D eigenvalue weighted by atomic mass is 10.1. The van der Waals surface area contributed by atoms with Crippen molar-refractivity contribution in [2.45, 2.75) is 26.9 Å². The molecule has 4 heteroatoms. The number of hydrogen-bond acceptors (Lipinski definition) is 3. The Morgan fingerprint density at radius 1 is 0.923 bits per heavy atom. The van der Waals surface area contributed by atoms with E-state index in [1.54, 1.807) is 11.1 Å². The zero-order chi connectivity index (χ0) is 18.3. The Kier molecular flexibility index (Phi) is 3.96. The summed E-state index contributed by atoms with van der Waals surface area (Å²) >= 11 is 0. The quantitative estimate of drug-likeness (QED) is 0.744. The monoisotopic (exact) mass is 343 g/mol. The van der Waals surface area contributed by atoms with Crippen LogP contribution in [0.15, 0.2) is 60.8 Å². The fourth-order valence-electron chi connectivity index (χ4n) is 3.51. The van der Waals surface area contributed by atoms with Gasteiger partial charge < -0.3 is 5.32 Å². The molecule has 2 heterocycles. The maximum atomic E-state index is 13.1. The van der Waals surface area contributed by atoms with Gasteiger partial charge in [-0.3, -0.25) is 14.7 Å². The smallest absolute Gasteiger partial charge is 0.262 e. The molecule has 1 atom stereocenters. The molecule has 0 saturated heterocycles. The van der Waals surface area contributed by atoms with Crippen LogP contribution in [0.2, 0.25) is 0 Å². The summed E-state index contributed by atoms with van der Waals surface area (Å²) in [6.45, 7) is 6.18. The van der Waals surface area contributed by atoms with E-state index in [1.165, 1.54) is 11.1 Å². The third-order valence-corrected chi connectivity index (χ3v) is 4.64. The fourth-order valence-corrected chi connectivity index (χ4v) is 3.51. The summed E-state index contributed by atoms with van der Waals surface area (Å²) in [5.41, 5.74) is 6.78. The maximum Gasteiger partial charge on any atom is 0.262 e. The summed E-state index contributed by atoms with van der Waals surface area (Å²) in [5, 5.41) is 3.51. The van der Waals surface area contributed by atoms with Crippen molar-refractivity contribution in [3.05, 3.63) is 88.7 Å². The second kappa shape index (κ2) is 6.30. The number of aryl methyl sites for hydroxylation is 3. The second-order valence-corrected chi connectivity index (χ2v) is 6.87. The lowest BCUT2D eigenvalue weighted by Gasteiger charge is -2.27. The lowest BCUT2D eigenvalue weighted by molar-refractivity contribution is 0.0993. The summed E-state index contributed by atoms with van der Waals surface area (Å²) in [4.78, 5) is 19.3. The van der Waals surface area contributed by atoms with E-state index in [9.17, 15) is 4.79 Å². The van der Waals surface area contributed by atoms with E-state index in [2.05, 4.69) is 42.3 Å². The Labute approximate surface area is 153 Å². The molecule has 0 spiro atoms. The molecule has 1 aliphatic rings. The molecule has 0 aliphatic carbocycles. The number of aromatic nitrogens is 1. The average molecular weight is 343 g/mol. The number of anilines is 2. The summed E-state index contributed by atoms with van der Waals surface area (Å²) in [7, 11) is 0. The van der Waals surface area contributed by atoms with Crippen LogP contribution in [0.3, 0.4) is 0 Å². The van der Waals surface area contributed by atoms with Crippen molar-refractivity contribution in [1.82, 2.24) is 4.98 Å². The molecule has 0 fully saturated rings. The number of hydrogen-bond donors (Lipinski definition) is 1. The first-order chi connectivity index (χ1) is 12.5. The first-order valence-electron chi connectivity index (χ1n) is 8.73. The van der Waals surface area contributed by atoms with Gasteiger partial charge in [0.05, 0.1) is 11.3 Å². The van der Waals surface area contributed by atoms with E-state index in [0.717, 1.165) is 22.6 Å². The van der Waals surface area contributed by atoms with E-state index in [1.807, 2.05) is 43.3 Å². The molecule has 2 aromatic carbocycles. The van der Waals surface area contributed by atoms with E-state index < -0.39 is 0 Å². The number of fused-ring (bicyclic) bond motifs is 1. The summed E-state index contributed by atoms with van der Waals surface area (Å²) in [6.07, 6.45) is 1.41. The van der Waals surface area contributed by atoms with Gasteiger partial charge in [-0.2, -0.15) is 0 Å². The molecule has 0 radical (unpaired) electrons. The molecule has 4 nitrogen and oxygen atoms in total. The van der Waals surface area contributed by atoms with E-state index in [-0.39, 0.29) is 12.1 Å². The van der Waals surface area contributed by atoms with Gasteiger partial charge in [-0.15, -0.1) is 0 Å². The Balaban J connectivity index is 1.79. The van der Waals surface area contributed by atoms with E-state index in [4.69, 9.17) is 0 Å². The van der Waals surface area contributed by atoms with Crippen molar-refractivity contribution in [3.8, 4) is 0 Å². The Morgan fingerprint density at radius 2 is 1.62 bits per heavy atom. The highest BCUT2D eigenvalue weighted by Crippen LogP contribution is 2.37. The highest BCUT2D eigenvalue weighted by Gasteiger charge is 2.38. The summed E-state index contributed by atoms with van der Waals surface area (Å²) in [5.74, 6) is -0.0289. The van der Waals surface area contributed by atoms with Crippen molar-refractivity contribution in [2.75, 3.05) is 10.2 Å². The molecule has 1 aliphatic heterocycles. The highest BCUT2D eigenvalue weighted by molar-refractivity contribution is 6.11. The molecule has 1 amide bonds. The van der Waals surface area contributed by atoms with Crippen molar-refractivity contribution >= 4 is 17.3 Å². The average Bonchev–Trinajstić information content (AvgIpc) is 2.88. The SMILES string of the molecule is Cc1ccc(N2C(=O)c3cccnc3C2Nc2cc(C)cc(C)c2)cc1. The van der Waals surface area contributed by atoms with Crippen LogP contribution in [0.25, 0.3) is 0 Å². The molecular weight excluding hydrogens is 322 g/mol. The van der Waals surface area contributed by atoms with Gasteiger partial charge in [0.2, 0.25) is 0 Å². The van der Waals surface area contributed by atoms with Gasteiger partial charge in [0, 0.05) is 17.6 Å². The van der Waals surface area contributed by atoms with Gasteiger partial charge in [-0.1, -0.05) is 23.8 Å². The third kappa shape index (κ3) is 2.84. The van der Waals surface area contributed by atoms with Gasteiger partial charge in [0.1, 0.15) is 0 Å². The Morgan fingerprint density at radius 3 is 2.31 bits per heavy atom. The first kappa shape index (κ1) is 16.3. The molecule has 1 unspecified atom stereocenters. The van der Waals surface area contributed by atoms with Crippen LogP contribution in [-0.4, -0.2) is 10.9 Å². The number of benzene rings is 2. The highest BCUT2D eigenvalue weighted by atomic mass is 16.2. The number of nitrogens with one attached hydrogen (secondary N) is 1. The van der Waals surface area contributed by atoms with Gasteiger partial charge in [-0.05, 0) is 68.3 Å². The van der Waals surface area contributed by atoms with Crippen molar-refractivity contribution < 1.29 is 4.79 Å². The zero-order valence-electron chi connectivity index (χ0n) is 15.2. The van der Waals surface area contributed by atoms with Gasteiger partial charge in [0.15, 0.2) is 6.17 Å². The minimum atomic E-state index is -0.331. The molecular formula is C22H21N3O. The maximum absolute atomic E-state index is 13.1. The minimum absolute atomic E-state index is 0.0289. The van der Waals surface area contributed by atoms with Crippen LogP contribution in [0, 0.1) is 20.8 Å². The lowest BCUT2D eigenvalue weighted by Crippen LogP contribution is -2.32. The molecule has 3 aromatic rings. The van der Waals surface area contributed by atoms with Crippen molar-refractivity contribution in [1.29, 1.82) is 0 Å². The van der Waals surface area contributed by atoms with Crippen LogP contribution in [0.1, 0.15) is 38.9 Å². The molecule has 4 rings (SSSR count). The third-order valence-electron chi connectivity index (χ3n) is 4.64. The van der Waals surface area contributed by atoms with Crippen molar-refractivity contribution in [3.63, 3.8) is 0 Å². The second-order valence-electron chi connectivity index (χ2n) is 6.87. The van der Waals surface area contributed by atoms with Crippen LogP contribution < -0.4 is 10.2 Å². The number of pyridine rings is 1. The standard InChI is InChI=1S/C22H21N3O/c1-14-6-8-18(9-7-14)25-21(20-19(22(25)26)5-4-10-23-20)24-17-12-15(2)11-16(3)13-17/h4-13,21,24H,1-3H3. The predicted octanol–water partition coefficient (Wildman–Crippen LogP) is 4.78. The summed E-state index contributed by atoms with van der Waals surface area (Å²) < 4.78 is 0. The number of amides is 1. The van der Waals surface area contributed by atoms with Crippen LogP contribution in [-0.2, 0) is 0 Å². The summed E-state index contributed by atoms with van der Waals surface area (Å²) in [6, 6.07) is 18.0. The minimum Gasteiger partial charge on any atom is -0.360 e. The van der Waals surface area contributed by atoms with Gasteiger partial charge in [0.25, 0.3) is 5.91 Å². The van der Waals surface area contributed by atoms with Gasteiger partial charge >= 0.3 is 0 Å². The fraction of sp³-hybridized carbons (Fsp3) is 0.182. The Hall–Kier alpha value is -3.14. The Bertz CT molecular complexity index is 959. The first-order valence-corrected chi connectivity index (χ1v) is 8.73. The number of rotatable bonds is 3. The molecule has 1 aromatic heterocycles. The number of carbonyl (C=O) groups excluding carboxylic acids is 1. The van der Waals surface area contributed by atoms with Gasteiger partial charge in [-0.25, -0.2) is 0 Å². The van der Waals surface area contributed by atoms with Crippen LogP contribution in [0.4, 0.5) is 11.4 Å². The van der Waals surface area contributed by atoms with Crippen LogP contribution in [0.5, 0.6) is 0 Å². The van der Waals surface area contributed by atoms with E-state index >= 15 is 0 Å². The molecule has 0 bridgehead atoms. The predicted molar refractivity (Wildman–Crippen MR) is 105 cm³/mol. The van der Waals surface area contributed by atoms with Crippen molar-refractivity contribution in [2.24, 2.45) is 0 Å². The largest absolute Gasteiger partial charge is 0.360 e. The molecule has 26 heavy (non-hydrogen) atoms. The van der Waals surface area contributed by atoms with E-state index in [0.29, 0.717) is 5.56 Å². The molecule has 130 valence electrons. The molecule has 1 N–H and O–H groups in total. The molecule has 0 saturated carbocycles. The zero-order valence-corrected chi connectivity index (χ0v) is 15.2. The normalized spacial score (nSPS) is 15.9. The number of carbonyl (C=O) groups is 1. The number of nitrogens with zero attached hydrogens (tertiary/aromatic N) is 2. The topological polar surface area (TPSA) is 45.2 Å².